The summed E-state index contributed by atoms with van der Waals surface area (Å²) in [5.74, 6) is -0.222. The van der Waals surface area contributed by atoms with E-state index in [-0.39, 0.29) is 11.4 Å². The molecule has 2 aromatic heterocycles. The molecular weight excluding hydrogens is 478 g/mol. The van der Waals surface area contributed by atoms with Crippen molar-refractivity contribution >= 4 is 5.57 Å². The molecule has 2 unspecified atom stereocenters. The van der Waals surface area contributed by atoms with E-state index in [1.54, 1.807) is 19.1 Å². The number of para-hydroxylation sites is 1. The van der Waals surface area contributed by atoms with Crippen LogP contribution in [0.2, 0.25) is 0 Å². The molecule has 0 bridgehead atoms. The van der Waals surface area contributed by atoms with Crippen molar-refractivity contribution in [3.8, 4) is 5.69 Å². The fourth-order valence-corrected chi connectivity index (χ4v) is 7.18. The number of aromatic amines is 1. The highest BCUT2D eigenvalue weighted by Gasteiger charge is 2.54. The van der Waals surface area contributed by atoms with Gasteiger partial charge in [0, 0.05) is 30.4 Å². The van der Waals surface area contributed by atoms with E-state index in [1.165, 1.54) is 17.2 Å². The van der Waals surface area contributed by atoms with Crippen molar-refractivity contribution in [2.75, 3.05) is 0 Å². The van der Waals surface area contributed by atoms with E-state index in [0.717, 1.165) is 45.8 Å². The Morgan fingerprint density at radius 3 is 2.61 bits per heavy atom. The van der Waals surface area contributed by atoms with Crippen molar-refractivity contribution in [1.82, 2.24) is 19.7 Å². The van der Waals surface area contributed by atoms with Crippen LogP contribution in [-0.4, -0.2) is 19.7 Å². The molecule has 1 aliphatic carbocycles. The molecule has 1 N–H and O–H groups in total. The van der Waals surface area contributed by atoms with Gasteiger partial charge in [-0.15, -0.1) is 0 Å². The number of H-pyrrole nitrogens is 1. The highest BCUT2D eigenvalue weighted by molar-refractivity contribution is 5.89. The average Bonchev–Trinajstić information content (AvgIpc) is 3.57. The van der Waals surface area contributed by atoms with E-state index in [9.17, 15) is 4.39 Å². The maximum Gasteiger partial charge on any atom is 0.166 e. The van der Waals surface area contributed by atoms with Crippen molar-refractivity contribution in [3.05, 3.63) is 112 Å². The monoisotopic (exact) mass is 510 g/mol. The van der Waals surface area contributed by atoms with E-state index in [0.29, 0.717) is 18.8 Å². The van der Waals surface area contributed by atoms with E-state index >= 15 is 4.39 Å². The third-order valence-electron chi connectivity index (χ3n) is 9.17. The summed E-state index contributed by atoms with van der Waals surface area (Å²) < 4.78 is 32.4. The summed E-state index contributed by atoms with van der Waals surface area (Å²) in [6.07, 6.45) is 4.52. The van der Waals surface area contributed by atoms with Gasteiger partial charge in [-0.25, -0.2) is 13.5 Å². The molecule has 4 heterocycles. The molecule has 6 heteroatoms. The SMILES string of the molecule is CCc1cccc2c1-n1nc3c(c1C1(C)C2=CC(C)(F)c2[nH]ccc21)CN(Cc1cccc(F)c1)C3(C)C. The molecule has 2 aliphatic heterocycles. The summed E-state index contributed by atoms with van der Waals surface area (Å²) in [5.41, 5.74) is 7.58. The Morgan fingerprint density at radius 1 is 1.05 bits per heavy atom. The van der Waals surface area contributed by atoms with Crippen LogP contribution in [0.3, 0.4) is 0 Å². The fourth-order valence-electron chi connectivity index (χ4n) is 7.18. The van der Waals surface area contributed by atoms with Crippen molar-refractivity contribution in [2.24, 2.45) is 0 Å². The van der Waals surface area contributed by atoms with E-state index in [1.807, 2.05) is 24.4 Å². The van der Waals surface area contributed by atoms with Crippen LogP contribution in [0.1, 0.15) is 79.5 Å². The lowest BCUT2D eigenvalue weighted by molar-refractivity contribution is 0.122. The number of allylic oxidation sites excluding steroid dienone is 2. The third-order valence-corrected chi connectivity index (χ3v) is 9.17. The first-order valence-corrected chi connectivity index (χ1v) is 13.4. The molecule has 0 saturated heterocycles. The highest BCUT2D eigenvalue weighted by Crippen LogP contribution is 2.59. The molecule has 4 nitrogen and oxygen atoms in total. The Balaban J connectivity index is 1.49. The van der Waals surface area contributed by atoms with E-state index < -0.39 is 11.1 Å². The molecule has 0 amide bonds. The molecule has 2 atom stereocenters. The molecule has 7 rings (SSSR count). The van der Waals surface area contributed by atoms with Crippen molar-refractivity contribution < 1.29 is 8.78 Å². The minimum absolute atomic E-state index is 0.222. The summed E-state index contributed by atoms with van der Waals surface area (Å²) in [6.45, 7) is 11.7. The zero-order valence-corrected chi connectivity index (χ0v) is 22.5. The Morgan fingerprint density at radius 2 is 1.84 bits per heavy atom. The molecule has 194 valence electrons. The second-order valence-corrected chi connectivity index (χ2v) is 11.8. The van der Waals surface area contributed by atoms with Crippen LogP contribution in [0.5, 0.6) is 0 Å². The van der Waals surface area contributed by atoms with Gasteiger partial charge < -0.3 is 4.98 Å². The zero-order chi connectivity index (χ0) is 26.6. The molecule has 4 aromatic rings. The highest BCUT2D eigenvalue weighted by atomic mass is 19.1. The summed E-state index contributed by atoms with van der Waals surface area (Å²) in [6, 6.07) is 15.2. The lowest BCUT2D eigenvalue weighted by Crippen LogP contribution is -2.41. The lowest BCUT2D eigenvalue weighted by atomic mass is 9.62. The van der Waals surface area contributed by atoms with Crippen LogP contribution in [0.4, 0.5) is 8.78 Å². The number of hydrogen-bond donors (Lipinski definition) is 1. The molecular formula is C32H32F2N4. The summed E-state index contributed by atoms with van der Waals surface area (Å²) in [5, 5.41) is 5.34. The second-order valence-electron chi connectivity index (χ2n) is 11.8. The van der Waals surface area contributed by atoms with Gasteiger partial charge in [0.15, 0.2) is 5.67 Å². The second kappa shape index (κ2) is 7.54. The smallest absolute Gasteiger partial charge is 0.166 e. The molecule has 0 saturated carbocycles. The number of nitrogens with one attached hydrogen (secondary N) is 1. The molecule has 3 aliphatic rings. The predicted molar refractivity (Wildman–Crippen MR) is 145 cm³/mol. The van der Waals surface area contributed by atoms with Gasteiger partial charge in [-0.3, -0.25) is 4.90 Å². The molecule has 0 spiro atoms. The number of fused-ring (bicyclic) bond motifs is 10. The largest absolute Gasteiger partial charge is 0.362 e. The predicted octanol–water partition coefficient (Wildman–Crippen LogP) is 7.05. The topological polar surface area (TPSA) is 36.9 Å². The number of benzene rings is 2. The van der Waals surface area contributed by atoms with E-state index in [4.69, 9.17) is 5.10 Å². The lowest BCUT2D eigenvalue weighted by Gasteiger charge is -2.44. The average molecular weight is 511 g/mol. The first-order valence-electron chi connectivity index (χ1n) is 13.4. The van der Waals surface area contributed by atoms with Gasteiger partial charge in [-0.1, -0.05) is 37.3 Å². The minimum atomic E-state index is -1.61. The quantitative estimate of drug-likeness (QED) is 0.321. The van der Waals surface area contributed by atoms with Gasteiger partial charge in [0.05, 0.1) is 33.7 Å². The van der Waals surface area contributed by atoms with Crippen LogP contribution >= 0.6 is 0 Å². The van der Waals surface area contributed by atoms with E-state index in [2.05, 4.69) is 60.5 Å². The molecule has 38 heavy (non-hydrogen) atoms. The first-order chi connectivity index (χ1) is 18.1. The number of alkyl halides is 1. The van der Waals surface area contributed by atoms with Crippen LogP contribution in [0.15, 0.2) is 60.8 Å². The molecule has 0 radical (unpaired) electrons. The summed E-state index contributed by atoms with van der Waals surface area (Å²) >= 11 is 0. The standard InChI is InChI=1S/C32H32F2N4/c1-6-20-10-8-12-22-25-16-31(4,34)28-24(13-14-35-28)32(25,5)29-23-18-37(17-19-9-7-11-21(33)15-19)30(2,3)27(23)36-38(29)26(20)22/h7-16,35H,6,17-18H2,1-5H3. The summed E-state index contributed by atoms with van der Waals surface area (Å²) in [4.78, 5) is 5.58. The Bertz CT molecular complexity index is 1650. The van der Waals surface area contributed by atoms with Crippen molar-refractivity contribution in [3.63, 3.8) is 0 Å². The van der Waals surface area contributed by atoms with Crippen LogP contribution in [0.25, 0.3) is 11.3 Å². The number of rotatable bonds is 3. The fraction of sp³-hybridized carbons (Fsp3) is 0.344. The van der Waals surface area contributed by atoms with Crippen LogP contribution < -0.4 is 0 Å². The number of halogens is 2. The van der Waals surface area contributed by atoms with Gasteiger partial charge in [0.1, 0.15) is 5.82 Å². The van der Waals surface area contributed by atoms with Crippen LogP contribution in [0, 0.1) is 5.82 Å². The maximum absolute atomic E-state index is 16.2. The van der Waals surface area contributed by atoms with Gasteiger partial charge >= 0.3 is 0 Å². The third kappa shape index (κ3) is 2.90. The number of aromatic nitrogens is 3. The van der Waals surface area contributed by atoms with Crippen molar-refractivity contribution in [1.29, 1.82) is 0 Å². The Hall–Kier alpha value is -3.51. The van der Waals surface area contributed by atoms with Gasteiger partial charge in [0.2, 0.25) is 0 Å². The normalized spacial score (nSPS) is 24.8. The first kappa shape index (κ1) is 23.6. The summed E-state index contributed by atoms with van der Waals surface area (Å²) in [7, 11) is 0. The molecule has 0 fully saturated rings. The Kier molecular flexibility index (Phi) is 4.68. The Labute approximate surface area is 222 Å². The number of hydrogen-bond acceptors (Lipinski definition) is 2. The van der Waals surface area contributed by atoms with Crippen molar-refractivity contribution in [2.45, 2.75) is 70.8 Å². The maximum atomic E-state index is 16.2. The minimum Gasteiger partial charge on any atom is -0.362 e. The van der Waals surface area contributed by atoms with Gasteiger partial charge in [0.25, 0.3) is 0 Å². The molecule has 2 aromatic carbocycles. The number of aryl methyl sites for hydroxylation is 1. The van der Waals surface area contributed by atoms with Gasteiger partial charge in [-0.2, -0.15) is 5.10 Å². The van der Waals surface area contributed by atoms with Crippen LogP contribution in [-0.2, 0) is 36.1 Å². The van der Waals surface area contributed by atoms with Gasteiger partial charge in [-0.05, 0) is 80.7 Å². The zero-order valence-electron chi connectivity index (χ0n) is 22.5. The number of nitrogens with zero attached hydrogens (tertiary/aromatic N) is 3.